The summed E-state index contributed by atoms with van der Waals surface area (Å²) in [5, 5.41) is 5.81. The Morgan fingerprint density at radius 1 is 1.19 bits per heavy atom. The van der Waals surface area contributed by atoms with Gasteiger partial charge >= 0.3 is 0 Å². The van der Waals surface area contributed by atoms with E-state index in [0.29, 0.717) is 25.4 Å². The average Bonchev–Trinajstić information content (AvgIpc) is 3.38. The molecule has 0 saturated heterocycles. The predicted molar refractivity (Wildman–Crippen MR) is 77.7 cm³/mol. The van der Waals surface area contributed by atoms with Gasteiger partial charge in [0.05, 0.1) is 7.11 Å². The highest BCUT2D eigenvalue weighted by Gasteiger charge is 2.57. The lowest BCUT2D eigenvalue weighted by molar-refractivity contribution is -0.137. The van der Waals surface area contributed by atoms with E-state index in [1.807, 2.05) is 24.3 Å². The third-order valence-electron chi connectivity index (χ3n) is 4.14. The van der Waals surface area contributed by atoms with Gasteiger partial charge in [0.25, 0.3) is 0 Å². The lowest BCUT2D eigenvalue weighted by atomic mass is 10.0. The first kappa shape index (κ1) is 13.9. The monoisotopic (exact) mass is 288 g/mol. The number of amides is 2. The van der Waals surface area contributed by atoms with E-state index < -0.39 is 5.41 Å². The van der Waals surface area contributed by atoms with E-state index in [0.717, 1.165) is 24.2 Å². The van der Waals surface area contributed by atoms with Crippen LogP contribution in [0.25, 0.3) is 0 Å². The number of nitrogens with one attached hydrogen (secondary N) is 2. The van der Waals surface area contributed by atoms with Gasteiger partial charge in [0.15, 0.2) is 0 Å². The van der Waals surface area contributed by atoms with Gasteiger partial charge in [-0.05, 0) is 43.4 Å². The second-order valence-corrected chi connectivity index (χ2v) is 5.86. The summed E-state index contributed by atoms with van der Waals surface area (Å²) in [4.78, 5) is 24.4. The molecule has 0 unspecified atom stereocenters. The van der Waals surface area contributed by atoms with E-state index in [-0.39, 0.29) is 11.8 Å². The van der Waals surface area contributed by atoms with E-state index in [4.69, 9.17) is 4.74 Å². The fourth-order valence-electron chi connectivity index (χ4n) is 2.33. The van der Waals surface area contributed by atoms with Crippen LogP contribution >= 0.6 is 0 Å². The quantitative estimate of drug-likeness (QED) is 0.777. The topological polar surface area (TPSA) is 67.4 Å². The van der Waals surface area contributed by atoms with Crippen LogP contribution in [0.3, 0.4) is 0 Å². The van der Waals surface area contributed by atoms with Crippen molar-refractivity contribution in [3.8, 4) is 5.75 Å². The summed E-state index contributed by atoms with van der Waals surface area (Å²) < 4.78 is 5.09. The first-order valence-corrected chi connectivity index (χ1v) is 7.36. The summed E-state index contributed by atoms with van der Waals surface area (Å²) in [5.74, 6) is 0.529. The lowest BCUT2D eigenvalue weighted by Crippen LogP contribution is -2.43. The molecule has 21 heavy (non-hydrogen) atoms. The molecule has 0 atom stereocenters. The summed E-state index contributed by atoms with van der Waals surface area (Å²) >= 11 is 0. The van der Waals surface area contributed by atoms with Crippen molar-refractivity contribution in [2.24, 2.45) is 5.41 Å². The van der Waals surface area contributed by atoms with Gasteiger partial charge in [-0.25, -0.2) is 0 Å². The minimum absolute atomic E-state index is 0.0998. The zero-order valence-electron chi connectivity index (χ0n) is 12.1. The molecule has 5 heteroatoms. The second-order valence-electron chi connectivity index (χ2n) is 5.86. The minimum Gasteiger partial charge on any atom is -0.497 e. The number of methoxy groups -OCH3 is 1. The van der Waals surface area contributed by atoms with Crippen LogP contribution in [0.4, 0.5) is 0 Å². The number of hydrogen-bond donors (Lipinski definition) is 2. The highest BCUT2D eigenvalue weighted by Crippen LogP contribution is 2.46. The maximum absolute atomic E-state index is 12.3. The number of carbonyl (C=O) groups is 2. The first-order chi connectivity index (χ1) is 10.1. The van der Waals surface area contributed by atoms with Crippen LogP contribution in [0.2, 0.25) is 0 Å². The zero-order chi connectivity index (χ0) is 14.9. The molecule has 2 fully saturated rings. The molecule has 2 aliphatic carbocycles. The van der Waals surface area contributed by atoms with Crippen LogP contribution in [-0.4, -0.2) is 25.0 Å². The third kappa shape index (κ3) is 3.01. The molecule has 112 valence electrons. The highest BCUT2D eigenvalue weighted by atomic mass is 16.5. The summed E-state index contributed by atoms with van der Waals surface area (Å²) in [5.41, 5.74) is 0.178. The standard InChI is InChI=1S/C16H20N2O3/c1-21-13-6-2-11(3-7-13)10-17-14(19)16(8-9-16)15(20)18-12-4-5-12/h2-3,6-7,12H,4-5,8-10H2,1H3,(H,17,19)(H,18,20). The van der Waals surface area contributed by atoms with Crippen molar-refractivity contribution < 1.29 is 14.3 Å². The molecule has 3 rings (SSSR count). The lowest BCUT2D eigenvalue weighted by Gasteiger charge is -2.15. The van der Waals surface area contributed by atoms with Gasteiger partial charge in [0, 0.05) is 12.6 Å². The van der Waals surface area contributed by atoms with Crippen molar-refractivity contribution in [2.45, 2.75) is 38.3 Å². The minimum atomic E-state index is -0.810. The molecular weight excluding hydrogens is 268 g/mol. The van der Waals surface area contributed by atoms with Crippen LogP contribution in [0.15, 0.2) is 24.3 Å². The molecule has 0 aliphatic heterocycles. The van der Waals surface area contributed by atoms with Gasteiger partial charge in [-0.2, -0.15) is 0 Å². The smallest absolute Gasteiger partial charge is 0.235 e. The number of rotatable bonds is 6. The molecule has 5 nitrogen and oxygen atoms in total. The van der Waals surface area contributed by atoms with E-state index in [1.165, 1.54) is 0 Å². The molecule has 0 bridgehead atoms. The largest absolute Gasteiger partial charge is 0.497 e. The molecule has 2 saturated carbocycles. The Morgan fingerprint density at radius 2 is 1.86 bits per heavy atom. The van der Waals surface area contributed by atoms with Gasteiger partial charge < -0.3 is 15.4 Å². The van der Waals surface area contributed by atoms with Crippen molar-refractivity contribution >= 4 is 11.8 Å². The maximum Gasteiger partial charge on any atom is 0.235 e. The second kappa shape index (κ2) is 5.39. The number of carbonyl (C=O) groups excluding carboxylic acids is 2. The molecule has 0 spiro atoms. The van der Waals surface area contributed by atoms with Crippen LogP contribution in [-0.2, 0) is 16.1 Å². The van der Waals surface area contributed by atoms with Crippen LogP contribution in [0, 0.1) is 5.41 Å². The van der Waals surface area contributed by atoms with E-state index >= 15 is 0 Å². The van der Waals surface area contributed by atoms with Crippen LogP contribution in [0.5, 0.6) is 5.75 Å². The Hall–Kier alpha value is -2.04. The van der Waals surface area contributed by atoms with Gasteiger partial charge in [0.1, 0.15) is 11.2 Å². The summed E-state index contributed by atoms with van der Waals surface area (Å²) in [7, 11) is 1.62. The van der Waals surface area contributed by atoms with Gasteiger partial charge in [0.2, 0.25) is 11.8 Å². The molecule has 0 radical (unpaired) electrons. The SMILES string of the molecule is COc1ccc(CNC(=O)C2(C(=O)NC3CC3)CC2)cc1. The fourth-order valence-corrected chi connectivity index (χ4v) is 2.33. The molecule has 1 aromatic rings. The number of benzene rings is 1. The Labute approximate surface area is 124 Å². The highest BCUT2D eigenvalue weighted by molar-refractivity contribution is 6.08. The van der Waals surface area contributed by atoms with Gasteiger partial charge in [-0.1, -0.05) is 12.1 Å². The van der Waals surface area contributed by atoms with Crippen LogP contribution in [0.1, 0.15) is 31.2 Å². The molecular formula is C16H20N2O3. The van der Waals surface area contributed by atoms with E-state index in [9.17, 15) is 9.59 Å². The predicted octanol–water partition coefficient (Wildman–Crippen LogP) is 1.37. The maximum atomic E-state index is 12.3. The molecule has 2 N–H and O–H groups in total. The Bertz CT molecular complexity index is 545. The first-order valence-electron chi connectivity index (χ1n) is 7.36. The molecule has 2 amide bonds. The van der Waals surface area contributed by atoms with Gasteiger partial charge in [-0.15, -0.1) is 0 Å². The van der Waals surface area contributed by atoms with Crippen molar-refractivity contribution in [3.05, 3.63) is 29.8 Å². The van der Waals surface area contributed by atoms with Crippen molar-refractivity contribution in [1.82, 2.24) is 10.6 Å². The number of ether oxygens (including phenoxy) is 1. The Kier molecular flexibility index (Phi) is 3.57. The average molecular weight is 288 g/mol. The fraction of sp³-hybridized carbons (Fsp3) is 0.500. The van der Waals surface area contributed by atoms with Crippen molar-refractivity contribution in [1.29, 1.82) is 0 Å². The molecule has 0 heterocycles. The molecule has 2 aliphatic rings. The number of hydrogen-bond acceptors (Lipinski definition) is 3. The summed E-state index contributed by atoms with van der Waals surface area (Å²) in [6, 6.07) is 7.82. The summed E-state index contributed by atoms with van der Waals surface area (Å²) in [6.45, 7) is 0.432. The summed E-state index contributed by atoms with van der Waals surface area (Å²) in [6.07, 6.45) is 3.38. The Balaban J connectivity index is 1.54. The van der Waals surface area contributed by atoms with Crippen molar-refractivity contribution in [2.75, 3.05) is 7.11 Å². The van der Waals surface area contributed by atoms with Crippen LogP contribution < -0.4 is 15.4 Å². The normalized spacial score (nSPS) is 18.7. The van der Waals surface area contributed by atoms with Gasteiger partial charge in [-0.3, -0.25) is 9.59 Å². The van der Waals surface area contributed by atoms with E-state index in [1.54, 1.807) is 7.11 Å². The third-order valence-corrected chi connectivity index (χ3v) is 4.14. The zero-order valence-corrected chi connectivity index (χ0v) is 12.1. The molecule has 1 aromatic carbocycles. The van der Waals surface area contributed by atoms with E-state index in [2.05, 4.69) is 10.6 Å². The Morgan fingerprint density at radius 3 is 2.38 bits per heavy atom. The van der Waals surface area contributed by atoms with Crippen molar-refractivity contribution in [3.63, 3.8) is 0 Å². The molecule has 0 aromatic heterocycles.